The van der Waals surface area contributed by atoms with E-state index in [4.69, 9.17) is 0 Å². The summed E-state index contributed by atoms with van der Waals surface area (Å²) in [5.74, 6) is 0. The average Bonchev–Trinajstić information content (AvgIpc) is 3.33. The van der Waals surface area contributed by atoms with Gasteiger partial charge < -0.3 is 5.11 Å². The molecule has 1 saturated heterocycles. The van der Waals surface area contributed by atoms with Crippen molar-refractivity contribution in [1.29, 1.82) is 0 Å². The summed E-state index contributed by atoms with van der Waals surface area (Å²) >= 11 is 0. The fraction of sp³-hybridized carbons (Fsp3) is 0.400. The number of nitrogens with zero attached hydrogens (tertiary/aromatic N) is 1. The van der Waals surface area contributed by atoms with Crippen LogP contribution in [0.25, 0.3) is 0 Å². The molecule has 4 rings (SSSR count). The van der Waals surface area contributed by atoms with Gasteiger partial charge in [-0.3, -0.25) is 0 Å². The maximum absolute atomic E-state index is 13.2. The van der Waals surface area contributed by atoms with Gasteiger partial charge in [-0.2, -0.15) is 4.31 Å². The number of rotatable bonds is 4. The molecule has 1 aliphatic carbocycles. The van der Waals surface area contributed by atoms with E-state index >= 15 is 0 Å². The van der Waals surface area contributed by atoms with Crippen LogP contribution in [-0.2, 0) is 10.0 Å². The van der Waals surface area contributed by atoms with Crippen LogP contribution in [0, 0.1) is 6.92 Å². The van der Waals surface area contributed by atoms with Crippen LogP contribution < -0.4 is 0 Å². The number of hydrogen-bond acceptors (Lipinski definition) is 3. The molecule has 0 aromatic heterocycles. The highest BCUT2D eigenvalue weighted by Crippen LogP contribution is 2.60. The van der Waals surface area contributed by atoms with Gasteiger partial charge in [0, 0.05) is 6.04 Å². The molecule has 0 spiro atoms. The lowest BCUT2D eigenvalue weighted by molar-refractivity contribution is 0.104. The zero-order valence-electron chi connectivity index (χ0n) is 14.3. The molecule has 2 aliphatic rings. The molecule has 1 saturated carbocycles. The van der Waals surface area contributed by atoms with Gasteiger partial charge in [-0.1, -0.05) is 60.9 Å². The molecule has 1 N–H and O–H groups in total. The van der Waals surface area contributed by atoms with Crippen LogP contribution in [0.5, 0.6) is 0 Å². The van der Waals surface area contributed by atoms with Gasteiger partial charge in [0.15, 0.2) is 0 Å². The largest absolute Gasteiger partial charge is 0.386 e. The van der Waals surface area contributed by atoms with Gasteiger partial charge in [0.2, 0.25) is 10.0 Å². The van der Waals surface area contributed by atoms with Crippen LogP contribution in [-0.4, -0.2) is 29.4 Å². The SMILES string of the molecule is Cc1ccc(S(=O)(=O)N2[C@H]3CCCC[C@]32[C@@H](O)c2ccccc2)cc1. The highest BCUT2D eigenvalue weighted by atomic mass is 32.2. The van der Waals surface area contributed by atoms with E-state index in [9.17, 15) is 13.5 Å². The van der Waals surface area contributed by atoms with Crippen molar-refractivity contribution in [1.82, 2.24) is 4.31 Å². The lowest BCUT2D eigenvalue weighted by Crippen LogP contribution is -2.32. The monoisotopic (exact) mass is 357 g/mol. The fourth-order valence-electron chi connectivity index (χ4n) is 4.35. The normalized spacial score (nSPS) is 29.7. The molecule has 2 fully saturated rings. The summed E-state index contributed by atoms with van der Waals surface area (Å²) in [6.07, 6.45) is 2.68. The maximum Gasteiger partial charge on any atom is 0.244 e. The van der Waals surface area contributed by atoms with Crippen molar-refractivity contribution in [3.63, 3.8) is 0 Å². The van der Waals surface area contributed by atoms with Gasteiger partial charge in [0.1, 0.15) is 0 Å². The Hall–Kier alpha value is -1.69. The summed E-state index contributed by atoms with van der Waals surface area (Å²) in [7, 11) is -3.60. The Morgan fingerprint density at radius 1 is 1.08 bits per heavy atom. The second kappa shape index (κ2) is 5.94. The fourth-order valence-corrected chi connectivity index (χ4v) is 6.39. The van der Waals surface area contributed by atoms with E-state index in [2.05, 4.69) is 0 Å². The number of aliphatic hydroxyl groups excluding tert-OH is 1. The van der Waals surface area contributed by atoms with Crippen molar-refractivity contribution < 1.29 is 13.5 Å². The quantitative estimate of drug-likeness (QED) is 0.853. The summed E-state index contributed by atoms with van der Waals surface area (Å²) < 4.78 is 28.0. The van der Waals surface area contributed by atoms with Crippen molar-refractivity contribution in [2.75, 3.05) is 0 Å². The molecular weight excluding hydrogens is 334 g/mol. The summed E-state index contributed by atoms with van der Waals surface area (Å²) in [5.41, 5.74) is 1.13. The standard InChI is InChI=1S/C20H23NO3S/c1-15-10-12-17(13-11-15)25(23,24)21-18-9-5-6-14-20(18,21)19(22)16-7-3-2-4-8-16/h2-4,7-8,10-13,18-19,22H,5-6,9,14H2,1H3/t18-,19-,20+,21?/m0/s1. The highest BCUT2D eigenvalue weighted by Gasteiger charge is 2.71. The number of fused-ring (bicyclic) bond motifs is 1. The Morgan fingerprint density at radius 3 is 2.44 bits per heavy atom. The first-order valence-electron chi connectivity index (χ1n) is 8.82. The second-order valence-corrected chi connectivity index (χ2v) is 8.99. The van der Waals surface area contributed by atoms with Gasteiger partial charge >= 0.3 is 0 Å². The summed E-state index contributed by atoms with van der Waals surface area (Å²) in [5, 5.41) is 11.1. The van der Waals surface area contributed by atoms with Crippen LogP contribution in [0.3, 0.4) is 0 Å². The molecule has 0 amide bonds. The molecular formula is C20H23NO3S. The van der Waals surface area contributed by atoms with Crippen LogP contribution in [0.1, 0.15) is 42.9 Å². The van der Waals surface area contributed by atoms with Crippen molar-refractivity contribution >= 4 is 10.0 Å². The van der Waals surface area contributed by atoms with E-state index in [1.165, 1.54) is 0 Å². The third-order valence-electron chi connectivity index (χ3n) is 5.67. The smallest absolute Gasteiger partial charge is 0.244 e. The number of benzene rings is 2. The Labute approximate surface area is 149 Å². The lowest BCUT2D eigenvalue weighted by Gasteiger charge is -2.26. The molecule has 1 unspecified atom stereocenters. The molecule has 132 valence electrons. The van der Waals surface area contributed by atoms with Gasteiger partial charge in [0.05, 0.1) is 16.5 Å². The lowest BCUT2D eigenvalue weighted by atomic mass is 9.82. The van der Waals surface area contributed by atoms with Crippen LogP contribution >= 0.6 is 0 Å². The predicted octanol–water partition coefficient (Wildman–Crippen LogP) is 3.41. The predicted molar refractivity (Wildman–Crippen MR) is 96.6 cm³/mol. The molecule has 0 bridgehead atoms. The maximum atomic E-state index is 13.2. The third kappa shape index (κ3) is 2.53. The van der Waals surface area contributed by atoms with Crippen molar-refractivity contribution in [3.8, 4) is 0 Å². The van der Waals surface area contributed by atoms with Crippen LogP contribution in [0.15, 0.2) is 59.5 Å². The summed E-state index contributed by atoms with van der Waals surface area (Å²) in [4.78, 5) is 0.312. The Kier molecular flexibility index (Phi) is 3.98. The zero-order chi connectivity index (χ0) is 17.7. The average molecular weight is 357 g/mol. The van der Waals surface area contributed by atoms with E-state index in [0.29, 0.717) is 11.3 Å². The number of hydrogen-bond donors (Lipinski definition) is 1. The van der Waals surface area contributed by atoms with Crippen LogP contribution in [0.2, 0.25) is 0 Å². The molecule has 1 heterocycles. The van der Waals surface area contributed by atoms with E-state index in [0.717, 1.165) is 30.4 Å². The Morgan fingerprint density at radius 2 is 1.76 bits per heavy atom. The molecule has 4 atom stereocenters. The van der Waals surface area contributed by atoms with Crippen LogP contribution in [0.4, 0.5) is 0 Å². The molecule has 4 nitrogen and oxygen atoms in total. The number of aliphatic hydroxyl groups is 1. The molecule has 5 heteroatoms. The molecule has 0 radical (unpaired) electrons. The topological polar surface area (TPSA) is 57.4 Å². The van der Waals surface area contributed by atoms with Gasteiger partial charge in [-0.15, -0.1) is 0 Å². The Bertz CT molecular complexity index is 864. The molecule has 25 heavy (non-hydrogen) atoms. The van der Waals surface area contributed by atoms with E-state index in [1.807, 2.05) is 49.4 Å². The number of aryl methyl sites for hydroxylation is 1. The minimum absolute atomic E-state index is 0.109. The Balaban J connectivity index is 1.73. The van der Waals surface area contributed by atoms with Gasteiger partial charge in [-0.25, -0.2) is 8.42 Å². The summed E-state index contributed by atoms with van der Waals surface area (Å²) in [6, 6.07) is 16.3. The summed E-state index contributed by atoms with van der Waals surface area (Å²) in [6.45, 7) is 1.94. The molecule has 2 aromatic rings. The first kappa shape index (κ1) is 16.8. The highest BCUT2D eigenvalue weighted by molar-refractivity contribution is 7.89. The first-order valence-corrected chi connectivity index (χ1v) is 10.3. The van der Waals surface area contributed by atoms with E-state index in [1.54, 1.807) is 16.4 Å². The van der Waals surface area contributed by atoms with E-state index < -0.39 is 21.7 Å². The minimum atomic E-state index is -3.60. The van der Waals surface area contributed by atoms with Gasteiger partial charge in [0.25, 0.3) is 0 Å². The number of sulfonamides is 1. The van der Waals surface area contributed by atoms with Crippen molar-refractivity contribution in [3.05, 3.63) is 65.7 Å². The first-order chi connectivity index (χ1) is 12.0. The van der Waals surface area contributed by atoms with Gasteiger partial charge in [-0.05, 0) is 37.5 Å². The van der Waals surface area contributed by atoms with E-state index in [-0.39, 0.29) is 6.04 Å². The minimum Gasteiger partial charge on any atom is -0.386 e. The van der Waals surface area contributed by atoms with Crippen molar-refractivity contribution in [2.24, 2.45) is 0 Å². The second-order valence-electron chi connectivity index (χ2n) is 7.18. The molecule has 2 aromatic carbocycles. The third-order valence-corrected chi connectivity index (χ3v) is 7.65. The zero-order valence-corrected chi connectivity index (χ0v) is 15.1. The van der Waals surface area contributed by atoms with Crippen molar-refractivity contribution in [2.45, 2.75) is 55.2 Å². The molecule has 1 aliphatic heterocycles.